The van der Waals surface area contributed by atoms with Gasteiger partial charge in [0.2, 0.25) is 0 Å². The van der Waals surface area contributed by atoms with E-state index < -0.39 is 19.2 Å². The molecule has 1 fully saturated rings. The number of rotatable bonds is 3. The molecule has 0 aromatic heterocycles. The Morgan fingerprint density at radius 3 is 2.94 bits per heavy atom. The van der Waals surface area contributed by atoms with Crippen LogP contribution in [0.5, 0.6) is 0 Å². The molecule has 0 unspecified atom stereocenters. The summed E-state index contributed by atoms with van der Waals surface area (Å²) in [4.78, 5) is 13.0. The quantitative estimate of drug-likeness (QED) is 0.783. The summed E-state index contributed by atoms with van der Waals surface area (Å²) in [6.07, 6.45) is -0.883. The van der Waals surface area contributed by atoms with Crippen LogP contribution in [-0.2, 0) is 16.1 Å². The lowest BCUT2D eigenvalue weighted by atomic mass is 10.2. The second-order valence-electron chi connectivity index (χ2n) is 3.69. The molecule has 1 heterocycles. The van der Waals surface area contributed by atoms with Crippen LogP contribution in [0.4, 0.5) is 4.79 Å². The molecule has 0 radical (unpaired) electrons. The second kappa shape index (κ2) is 4.99. The first-order valence-electron chi connectivity index (χ1n) is 6.57. The number of nitrogens with zero attached hydrogens (tertiary/aromatic N) is 1. The molecule has 4 nitrogen and oxygen atoms in total. The maximum absolute atomic E-state index is 11.6. The lowest BCUT2D eigenvalue weighted by Crippen LogP contribution is -2.54. The van der Waals surface area contributed by atoms with Gasteiger partial charge in [0, 0.05) is 7.04 Å². The van der Waals surface area contributed by atoms with Crippen LogP contribution >= 0.6 is 0 Å². The summed E-state index contributed by atoms with van der Waals surface area (Å²) in [6.45, 7) is 0.721. The number of likely N-dealkylation sites (tertiary alicyclic amines) is 1. The maximum Gasteiger partial charge on any atom is 0.410 e. The summed E-state index contributed by atoms with van der Waals surface area (Å²) in [5.74, 6) is 0. The molecule has 16 heavy (non-hydrogen) atoms. The molecule has 0 spiro atoms. The molecule has 0 atom stereocenters. The molecule has 1 aliphatic rings. The molecule has 1 aromatic carbocycles. The van der Waals surface area contributed by atoms with Gasteiger partial charge in [-0.05, 0) is 5.56 Å². The van der Waals surface area contributed by atoms with Gasteiger partial charge in [-0.2, -0.15) is 0 Å². The summed E-state index contributed by atoms with van der Waals surface area (Å²) >= 11 is 0. The zero-order valence-corrected chi connectivity index (χ0v) is 8.76. The smallest absolute Gasteiger partial charge is 0.410 e. The van der Waals surface area contributed by atoms with Crippen LogP contribution in [0.25, 0.3) is 0 Å². The van der Waals surface area contributed by atoms with E-state index in [9.17, 15) is 4.79 Å². The van der Waals surface area contributed by atoms with Gasteiger partial charge in [-0.25, -0.2) is 4.79 Å². The predicted octanol–water partition coefficient (Wildman–Crippen LogP) is 1.65. The van der Waals surface area contributed by atoms with Crippen molar-refractivity contribution >= 4 is 6.09 Å². The molecule has 4 heteroatoms. The first-order chi connectivity index (χ1) is 8.94. The van der Waals surface area contributed by atoms with Crippen LogP contribution in [0.15, 0.2) is 30.3 Å². The van der Waals surface area contributed by atoms with Crippen LogP contribution in [0.2, 0.25) is 0 Å². The Morgan fingerprint density at radius 2 is 2.25 bits per heavy atom. The zero-order valence-electron chi connectivity index (χ0n) is 11.8. The van der Waals surface area contributed by atoms with Crippen molar-refractivity contribution in [3.8, 4) is 0 Å². The number of hydrogen-bond donors (Lipinski definition) is 0. The number of carbonyl (C=O) groups is 1. The van der Waals surface area contributed by atoms with Gasteiger partial charge in [0.25, 0.3) is 0 Å². The summed E-state index contributed by atoms with van der Waals surface area (Å²) in [5.41, 5.74) is 0.909. The minimum absolute atomic E-state index is 0.209. The monoisotopic (exact) mass is 224 g/mol. The Labute approximate surface area is 99.0 Å². The average molecular weight is 224 g/mol. The van der Waals surface area contributed by atoms with Gasteiger partial charge in [0.15, 0.2) is 0 Å². The predicted molar refractivity (Wildman–Crippen MR) is 59.0 cm³/mol. The van der Waals surface area contributed by atoms with E-state index >= 15 is 0 Å². The van der Waals surface area contributed by atoms with Gasteiger partial charge in [0.1, 0.15) is 6.61 Å². The van der Waals surface area contributed by atoms with Crippen LogP contribution in [0.3, 0.4) is 0 Å². The van der Waals surface area contributed by atoms with Gasteiger partial charge in [-0.1, -0.05) is 30.3 Å². The Hall–Kier alpha value is -1.55. The topological polar surface area (TPSA) is 38.8 Å². The molecule has 1 amide bonds. The highest BCUT2D eigenvalue weighted by Gasteiger charge is 2.31. The van der Waals surface area contributed by atoms with Crippen LogP contribution in [0, 0.1) is 0 Å². The number of carbonyl (C=O) groups excluding carboxylic acids is 1. The van der Waals surface area contributed by atoms with E-state index in [0.29, 0.717) is 0 Å². The molecular weight excluding hydrogens is 206 g/mol. The van der Waals surface area contributed by atoms with E-state index in [1.165, 1.54) is 4.90 Å². The van der Waals surface area contributed by atoms with Crippen molar-refractivity contribution in [1.29, 1.82) is 0 Å². The third kappa shape index (κ3) is 2.52. The van der Waals surface area contributed by atoms with Crippen molar-refractivity contribution < 1.29 is 18.4 Å². The Bertz CT molecular complexity index is 430. The first kappa shape index (κ1) is 7.68. The highest BCUT2D eigenvalue weighted by Crippen LogP contribution is 2.13. The van der Waals surface area contributed by atoms with Crippen LogP contribution in [-0.4, -0.2) is 37.2 Å². The minimum atomic E-state index is -2.41. The molecule has 1 aromatic rings. The van der Waals surface area contributed by atoms with E-state index in [1.807, 2.05) is 30.3 Å². The number of methoxy groups -OCH3 is 1. The maximum atomic E-state index is 11.6. The second-order valence-corrected chi connectivity index (χ2v) is 3.69. The van der Waals surface area contributed by atoms with E-state index in [-0.39, 0.29) is 19.7 Å². The van der Waals surface area contributed by atoms with Crippen molar-refractivity contribution in [3.63, 3.8) is 0 Å². The van der Waals surface area contributed by atoms with E-state index in [0.717, 1.165) is 5.56 Å². The average Bonchev–Trinajstić information content (AvgIpc) is 2.30. The van der Waals surface area contributed by atoms with Crippen molar-refractivity contribution in [2.75, 3.05) is 20.1 Å². The van der Waals surface area contributed by atoms with Gasteiger partial charge in [-0.15, -0.1) is 0 Å². The van der Waals surface area contributed by atoms with E-state index in [4.69, 9.17) is 13.6 Å². The lowest BCUT2D eigenvalue weighted by Gasteiger charge is -2.36. The molecule has 0 N–H and O–H groups in total. The molecule has 1 saturated heterocycles. The highest BCUT2D eigenvalue weighted by atomic mass is 16.6. The van der Waals surface area contributed by atoms with E-state index in [1.54, 1.807) is 0 Å². The van der Waals surface area contributed by atoms with Crippen molar-refractivity contribution in [2.45, 2.75) is 12.7 Å². The lowest BCUT2D eigenvalue weighted by molar-refractivity contribution is -0.0286. The summed E-state index contributed by atoms with van der Waals surface area (Å²) in [6, 6.07) is 9.35. The standard InChI is InChI=1S/C12H15NO3/c1-15-11-7-13(8-11)12(14)16-9-10-5-3-2-4-6-10/h2-6,11H,7-9H2,1H3/i1D3. The summed E-state index contributed by atoms with van der Waals surface area (Å²) < 4.78 is 30.7. The minimum Gasteiger partial charge on any atom is -0.445 e. The fraction of sp³-hybridized carbons (Fsp3) is 0.417. The van der Waals surface area contributed by atoms with Gasteiger partial charge >= 0.3 is 6.09 Å². The molecule has 2 rings (SSSR count). The van der Waals surface area contributed by atoms with Gasteiger partial charge in [-0.3, -0.25) is 0 Å². The molecule has 0 aliphatic carbocycles. The third-order valence-electron chi connectivity index (χ3n) is 2.48. The molecule has 0 bridgehead atoms. The number of benzene rings is 1. The van der Waals surface area contributed by atoms with Crippen LogP contribution in [0.1, 0.15) is 9.68 Å². The van der Waals surface area contributed by atoms with Crippen molar-refractivity contribution in [3.05, 3.63) is 35.9 Å². The van der Waals surface area contributed by atoms with Gasteiger partial charge in [0.05, 0.1) is 23.3 Å². The highest BCUT2D eigenvalue weighted by molar-refractivity contribution is 5.68. The fourth-order valence-corrected chi connectivity index (χ4v) is 1.47. The Balaban J connectivity index is 1.69. The number of ether oxygens (including phenoxy) is 2. The Kier molecular flexibility index (Phi) is 2.39. The fourth-order valence-electron chi connectivity index (χ4n) is 1.47. The third-order valence-corrected chi connectivity index (χ3v) is 2.48. The Morgan fingerprint density at radius 1 is 1.50 bits per heavy atom. The van der Waals surface area contributed by atoms with Crippen molar-refractivity contribution in [2.24, 2.45) is 0 Å². The van der Waals surface area contributed by atoms with Crippen molar-refractivity contribution in [1.82, 2.24) is 4.90 Å². The molecular formula is C12H15NO3. The molecule has 0 saturated carbocycles. The molecule has 86 valence electrons. The summed E-state index contributed by atoms with van der Waals surface area (Å²) in [7, 11) is -2.41. The normalized spacial score (nSPS) is 19.2. The summed E-state index contributed by atoms with van der Waals surface area (Å²) in [5, 5.41) is 0. The molecule has 1 aliphatic heterocycles. The van der Waals surface area contributed by atoms with Gasteiger partial charge < -0.3 is 14.4 Å². The number of amides is 1. The van der Waals surface area contributed by atoms with E-state index in [2.05, 4.69) is 0 Å². The van der Waals surface area contributed by atoms with Crippen LogP contribution < -0.4 is 0 Å². The zero-order chi connectivity index (χ0) is 13.9. The number of hydrogen-bond acceptors (Lipinski definition) is 3. The first-order valence-corrected chi connectivity index (χ1v) is 5.07. The SMILES string of the molecule is [2H]C([2H])([2H])OC1CN(C(=O)OCc2ccccc2)C1. The largest absolute Gasteiger partial charge is 0.445 e.